The summed E-state index contributed by atoms with van der Waals surface area (Å²) in [5.41, 5.74) is 0. The summed E-state index contributed by atoms with van der Waals surface area (Å²) >= 11 is 5.84. The zero-order chi connectivity index (χ0) is 11.3. The van der Waals surface area contributed by atoms with Crippen LogP contribution in [0.15, 0.2) is 29.2 Å². The van der Waals surface area contributed by atoms with Crippen LogP contribution in [0.1, 0.15) is 0 Å². The number of benzene rings is 1. The first kappa shape index (κ1) is 12.4. The summed E-state index contributed by atoms with van der Waals surface area (Å²) in [6.45, 7) is -0.0177. The minimum atomic E-state index is -1.39. The van der Waals surface area contributed by atoms with Gasteiger partial charge in [-0.15, -0.1) is 0 Å². The van der Waals surface area contributed by atoms with Crippen LogP contribution in [0.4, 0.5) is 0 Å². The molecule has 0 aliphatic rings. The maximum absolute atomic E-state index is 11.7. The van der Waals surface area contributed by atoms with Gasteiger partial charge in [0.1, 0.15) is 6.61 Å². The molecule has 0 bridgehead atoms. The average Bonchev–Trinajstić information content (AvgIpc) is 2.18. The van der Waals surface area contributed by atoms with Gasteiger partial charge in [0.2, 0.25) is 0 Å². The molecule has 15 heavy (non-hydrogen) atoms. The summed E-state index contributed by atoms with van der Waals surface area (Å²) < 4.78 is 16.4. The van der Waals surface area contributed by atoms with E-state index in [9.17, 15) is 9.00 Å². The van der Waals surface area contributed by atoms with Crippen molar-refractivity contribution in [2.75, 3.05) is 19.5 Å². The summed E-state index contributed by atoms with van der Waals surface area (Å²) in [6, 6.07) is 6.79. The molecule has 0 saturated heterocycles. The zero-order valence-electron chi connectivity index (χ0n) is 8.23. The Morgan fingerprint density at radius 2 is 2.13 bits per heavy atom. The van der Waals surface area contributed by atoms with E-state index in [1.54, 1.807) is 24.3 Å². The number of halogens is 1. The van der Waals surface area contributed by atoms with Gasteiger partial charge in [0.05, 0.1) is 26.5 Å². The molecule has 82 valence electrons. The van der Waals surface area contributed by atoms with Crippen molar-refractivity contribution in [1.82, 2.24) is 0 Å². The molecule has 5 heteroatoms. The fraction of sp³-hybridized carbons (Fsp3) is 0.300. The predicted molar refractivity (Wildman–Crippen MR) is 59.6 cm³/mol. The number of hydrogen-bond acceptors (Lipinski definition) is 3. The second-order valence-electron chi connectivity index (χ2n) is 2.89. The van der Waals surface area contributed by atoms with E-state index in [1.165, 1.54) is 7.11 Å². The highest BCUT2D eigenvalue weighted by molar-refractivity contribution is 7.86. The zero-order valence-corrected chi connectivity index (χ0v) is 9.81. The Kier molecular flexibility index (Phi) is 4.94. The SMILES string of the molecule is COCC(=O)CS(=O)c1ccccc1Cl. The van der Waals surface area contributed by atoms with Crippen LogP contribution in [0, 0.1) is 0 Å². The van der Waals surface area contributed by atoms with E-state index in [2.05, 4.69) is 4.74 Å². The van der Waals surface area contributed by atoms with E-state index in [-0.39, 0.29) is 18.1 Å². The lowest BCUT2D eigenvalue weighted by Gasteiger charge is -2.03. The first-order valence-corrected chi connectivity index (χ1v) is 5.98. The molecule has 0 N–H and O–H groups in total. The summed E-state index contributed by atoms with van der Waals surface area (Å²) in [4.78, 5) is 11.7. The molecule has 0 aliphatic heterocycles. The third kappa shape index (κ3) is 3.74. The number of methoxy groups -OCH3 is 1. The van der Waals surface area contributed by atoms with Gasteiger partial charge in [0.25, 0.3) is 0 Å². The van der Waals surface area contributed by atoms with Crippen molar-refractivity contribution >= 4 is 28.2 Å². The van der Waals surface area contributed by atoms with E-state index >= 15 is 0 Å². The highest BCUT2D eigenvalue weighted by atomic mass is 35.5. The second kappa shape index (κ2) is 6.00. The molecule has 0 radical (unpaired) electrons. The lowest BCUT2D eigenvalue weighted by atomic mass is 10.4. The highest BCUT2D eigenvalue weighted by Crippen LogP contribution is 2.18. The number of hydrogen-bond donors (Lipinski definition) is 0. The molecule has 0 aromatic heterocycles. The molecule has 1 aromatic rings. The van der Waals surface area contributed by atoms with Crippen LogP contribution in [-0.4, -0.2) is 29.5 Å². The molecular formula is C10H11ClO3S. The molecule has 1 aromatic carbocycles. The normalized spacial score (nSPS) is 12.4. The van der Waals surface area contributed by atoms with Crippen LogP contribution >= 0.6 is 11.6 Å². The first-order chi connectivity index (χ1) is 7.15. The second-order valence-corrected chi connectivity index (χ2v) is 4.72. The summed E-state index contributed by atoms with van der Waals surface area (Å²) in [6.07, 6.45) is 0. The first-order valence-electron chi connectivity index (χ1n) is 4.28. The average molecular weight is 247 g/mol. The van der Waals surface area contributed by atoms with Crippen LogP contribution in [-0.2, 0) is 20.3 Å². The van der Waals surface area contributed by atoms with Crippen LogP contribution in [0.2, 0.25) is 5.02 Å². The maximum Gasteiger partial charge on any atom is 0.171 e. The summed E-state index contributed by atoms with van der Waals surface area (Å²) in [5, 5.41) is 0.418. The minimum Gasteiger partial charge on any atom is -0.377 e. The van der Waals surface area contributed by atoms with E-state index in [0.717, 1.165) is 0 Å². The third-order valence-corrected chi connectivity index (χ3v) is 3.55. The van der Waals surface area contributed by atoms with Gasteiger partial charge in [0, 0.05) is 7.11 Å². The molecule has 1 unspecified atom stereocenters. The molecule has 0 heterocycles. The Morgan fingerprint density at radius 3 is 2.73 bits per heavy atom. The largest absolute Gasteiger partial charge is 0.377 e. The van der Waals surface area contributed by atoms with Gasteiger partial charge in [0.15, 0.2) is 5.78 Å². The number of carbonyl (C=O) groups is 1. The Bertz CT molecular complexity index is 379. The molecular weight excluding hydrogens is 236 g/mol. The fourth-order valence-electron chi connectivity index (χ4n) is 1.06. The van der Waals surface area contributed by atoms with Gasteiger partial charge in [-0.3, -0.25) is 9.00 Å². The van der Waals surface area contributed by atoms with Crippen molar-refractivity contribution in [3.63, 3.8) is 0 Å². The van der Waals surface area contributed by atoms with Crippen molar-refractivity contribution in [3.05, 3.63) is 29.3 Å². The molecule has 0 aliphatic carbocycles. The predicted octanol–water partition coefficient (Wildman–Crippen LogP) is 1.66. The molecule has 0 amide bonds. The number of carbonyl (C=O) groups excluding carboxylic acids is 1. The standard InChI is InChI=1S/C10H11ClO3S/c1-14-6-8(12)7-15(13)10-5-3-2-4-9(10)11/h2-5H,6-7H2,1H3. The van der Waals surface area contributed by atoms with Crippen LogP contribution in [0.5, 0.6) is 0 Å². The highest BCUT2D eigenvalue weighted by Gasteiger charge is 2.12. The number of rotatable bonds is 5. The molecule has 1 rings (SSSR count). The number of Topliss-reactive ketones (excluding diaryl/α,β-unsaturated/α-hetero) is 1. The van der Waals surface area contributed by atoms with Gasteiger partial charge in [-0.25, -0.2) is 0 Å². The van der Waals surface area contributed by atoms with Gasteiger partial charge < -0.3 is 4.74 Å². The Morgan fingerprint density at radius 1 is 1.47 bits per heavy atom. The Balaban J connectivity index is 2.70. The van der Waals surface area contributed by atoms with Gasteiger partial charge in [-0.1, -0.05) is 23.7 Å². The smallest absolute Gasteiger partial charge is 0.171 e. The molecule has 1 atom stereocenters. The van der Waals surface area contributed by atoms with Crippen LogP contribution < -0.4 is 0 Å². The third-order valence-electron chi connectivity index (χ3n) is 1.68. The fourth-order valence-corrected chi connectivity index (χ4v) is 2.50. The van der Waals surface area contributed by atoms with E-state index < -0.39 is 10.8 Å². The van der Waals surface area contributed by atoms with E-state index in [4.69, 9.17) is 11.6 Å². The Labute approximate surface area is 95.8 Å². The number of ketones is 1. The van der Waals surface area contributed by atoms with Crippen molar-refractivity contribution in [2.45, 2.75) is 4.90 Å². The summed E-state index contributed by atoms with van der Waals surface area (Å²) in [5.74, 6) is -0.256. The van der Waals surface area contributed by atoms with Gasteiger partial charge in [-0.2, -0.15) is 0 Å². The molecule has 0 fully saturated rings. The molecule has 3 nitrogen and oxygen atoms in total. The van der Waals surface area contributed by atoms with Crippen molar-refractivity contribution in [2.24, 2.45) is 0 Å². The van der Waals surface area contributed by atoms with Gasteiger partial charge >= 0.3 is 0 Å². The summed E-state index contributed by atoms with van der Waals surface area (Å²) in [7, 11) is 0.0389. The lowest BCUT2D eigenvalue weighted by Crippen LogP contribution is -2.15. The van der Waals surface area contributed by atoms with Crippen molar-refractivity contribution < 1.29 is 13.7 Å². The minimum absolute atomic E-state index is 0.0177. The van der Waals surface area contributed by atoms with Crippen molar-refractivity contribution in [1.29, 1.82) is 0 Å². The topological polar surface area (TPSA) is 43.4 Å². The lowest BCUT2D eigenvalue weighted by molar-refractivity contribution is -0.120. The maximum atomic E-state index is 11.7. The van der Waals surface area contributed by atoms with Gasteiger partial charge in [-0.05, 0) is 12.1 Å². The van der Waals surface area contributed by atoms with E-state index in [1.807, 2.05) is 0 Å². The monoisotopic (exact) mass is 246 g/mol. The quantitative estimate of drug-likeness (QED) is 0.794. The molecule has 0 spiro atoms. The molecule has 0 saturated carbocycles. The van der Waals surface area contributed by atoms with E-state index in [0.29, 0.717) is 9.92 Å². The van der Waals surface area contributed by atoms with Crippen LogP contribution in [0.25, 0.3) is 0 Å². The van der Waals surface area contributed by atoms with Crippen LogP contribution in [0.3, 0.4) is 0 Å². The Hall–Kier alpha value is -0.710. The van der Waals surface area contributed by atoms with Crippen molar-refractivity contribution in [3.8, 4) is 0 Å². The number of ether oxygens (including phenoxy) is 1.